The van der Waals surface area contributed by atoms with Gasteiger partial charge in [-0.1, -0.05) is 34.8 Å². The van der Waals surface area contributed by atoms with Gasteiger partial charge in [0.1, 0.15) is 16.3 Å². The van der Waals surface area contributed by atoms with E-state index in [1.165, 1.54) is 12.5 Å². The third-order valence-corrected chi connectivity index (χ3v) is 1.71. The smallest absolute Gasteiger partial charge is 0.138 e. The molecule has 1 aromatic rings. The van der Waals surface area contributed by atoms with Crippen molar-refractivity contribution in [2.75, 3.05) is 0 Å². The topological polar surface area (TPSA) is 25.8 Å². The predicted octanol–water partition coefficient (Wildman–Crippen LogP) is 2.61. The van der Waals surface area contributed by atoms with Crippen molar-refractivity contribution in [2.24, 2.45) is 0 Å². The molecular formula is C5H3Cl3N2. The molecule has 10 heavy (non-hydrogen) atoms. The molecule has 0 N–H and O–H groups in total. The van der Waals surface area contributed by atoms with Crippen LogP contribution in [0.25, 0.3) is 0 Å². The highest BCUT2D eigenvalue weighted by Gasteiger charge is 2.08. The predicted molar refractivity (Wildman–Crippen MR) is 41.5 cm³/mol. The standard InChI is InChI=1S/C5H3Cl3N2/c6-4(7)3-1-9-2-10-5(3)8/h1-2,4H. The maximum Gasteiger partial charge on any atom is 0.138 e. The van der Waals surface area contributed by atoms with Crippen molar-refractivity contribution in [1.82, 2.24) is 9.97 Å². The zero-order chi connectivity index (χ0) is 7.56. The molecule has 0 atom stereocenters. The van der Waals surface area contributed by atoms with E-state index in [1.807, 2.05) is 0 Å². The van der Waals surface area contributed by atoms with E-state index in [0.717, 1.165) is 0 Å². The molecule has 2 nitrogen and oxygen atoms in total. The molecule has 0 amide bonds. The van der Waals surface area contributed by atoms with Crippen molar-refractivity contribution in [3.05, 3.63) is 23.2 Å². The number of aromatic nitrogens is 2. The molecule has 0 radical (unpaired) electrons. The third kappa shape index (κ3) is 1.72. The SMILES string of the molecule is Clc1ncncc1C(Cl)Cl. The first kappa shape index (κ1) is 8.05. The Balaban J connectivity index is 3.03. The van der Waals surface area contributed by atoms with Crippen molar-refractivity contribution >= 4 is 34.8 Å². The van der Waals surface area contributed by atoms with Gasteiger partial charge in [-0.2, -0.15) is 0 Å². The van der Waals surface area contributed by atoms with Crippen LogP contribution in [-0.2, 0) is 0 Å². The Bertz CT molecular complexity index is 226. The molecular weight excluding hydrogens is 194 g/mol. The summed E-state index contributed by atoms with van der Waals surface area (Å²) < 4.78 is 0. The van der Waals surface area contributed by atoms with Crippen LogP contribution in [0.2, 0.25) is 5.15 Å². The number of hydrogen-bond acceptors (Lipinski definition) is 2. The van der Waals surface area contributed by atoms with Gasteiger partial charge in [-0.15, -0.1) is 0 Å². The minimum atomic E-state index is -0.659. The minimum Gasteiger partial charge on any atom is -0.244 e. The van der Waals surface area contributed by atoms with Crippen LogP contribution in [0, 0.1) is 0 Å². The van der Waals surface area contributed by atoms with Crippen LogP contribution in [0.1, 0.15) is 10.4 Å². The summed E-state index contributed by atoms with van der Waals surface area (Å²) in [5.41, 5.74) is 0.535. The molecule has 1 rings (SSSR count). The van der Waals surface area contributed by atoms with Crippen LogP contribution in [0.4, 0.5) is 0 Å². The largest absolute Gasteiger partial charge is 0.244 e. The van der Waals surface area contributed by atoms with Crippen molar-refractivity contribution in [2.45, 2.75) is 4.84 Å². The molecule has 0 unspecified atom stereocenters. The highest BCUT2D eigenvalue weighted by atomic mass is 35.5. The van der Waals surface area contributed by atoms with Gasteiger partial charge in [0.15, 0.2) is 0 Å². The summed E-state index contributed by atoms with van der Waals surface area (Å²) in [4.78, 5) is 6.73. The lowest BCUT2D eigenvalue weighted by Gasteiger charge is -1.99. The summed E-state index contributed by atoms with van der Waals surface area (Å²) in [5, 5.41) is 0.296. The number of rotatable bonds is 1. The fraction of sp³-hybridized carbons (Fsp3) is 0.200. The second-order valence-corrected chi connectivity index (χ2v) is 3.02. The number of nitrogens with zero attached hydrogens (tertiary/aromatic N) is 2. The van der Waals surface area contributed by atoms with Gasteiger partial charge in [0, 0.05) is 11.8 Å². The Morgan fingerprint density at radius 2 is 2.10 bits per heavy atom. The summed E-state index contributed by atoms with van der Waals surface area (Å²) in [6.45, 7) is 0. The molecule has 0 saturated carbocycles. The monoisotopic (exact) mass is 196 g/mol. The zero-order valence-corrected chi connectivity index (χ0v) is 7.03. The first-order chi connectivity index (χ1) is 4.72. The molecule has 0 aliphatic carbocycles. The van der Waals surface area contributed by atoms with Crippen LogP contribution in [0.3, 0.4) is 0 Å². The molecule has 0 saturated heterocycles. The highest BCUT2D eigenvalue weighted by Crippen LogP contribution is 2.28. The van der Waals surface area contributed by atoms with Crippen LogP contribution >= 0.6 is 34.8 Å². The Morgan fingerprint density at radius 3 is 2.50 bits per heavy atom. The lowest BCUT2D eigenvalue weighted by molar-refractivity contribution is 1.11. The second-order valence-electron chi connectivity index (χ2n) is 1.57. The van der Waals surface area contributed by atoms with Crippen LogP contribution < -0.4 is 0 Å². The van der Waals surface area contributed by atoms with E-state index >= 15 is 0 Å². The van der Waals surface area contributed by atoms with E-state index in [-0.39, 0.29) is 0 Å². The van der Waals surface area contributed by atoms with Crippen molar-refractivity contribution in [3.63, 3.8) is 0 Å². The molecule has 0 fully saturated rings. The lowest BCUT2D eigenvalue weighted by Crippen LogP contribution is -1.87. The Hall–Kier alpha value is -0.0500. The van der Waals surface area contributed by atoms with E-state index in [4.69, 9.17) is 34.8 Å². The normalized spacial score (nSPS) is 10.4. The van der Waals surface area contributed by atoms with E-state index in [2.05, 4.69) is 9.97 Å². The Kier molecular flexibility index (Phi) is 2.72. The van der Waals surface area contributed by atoms with Gasteiger partial charge in [0.05, 0.1) is 0 Å². The van der Waals surface area contributed by atoms with Gasteiger partial charge in [0.25, 0.3) is 0 Å². The maximum absolute atomic E-state index is 5.60. The number of halogens is 3. The second kappa shape index (κ2) is 3.37. The van der Waals surface area contributed by atoms with Gasteiger partial charge in [0.2, 0.25) is 0 Å². The Labute approximate surface area is 73.1 Å². The summed E-state index contributed by atoms with van der Waals surface area (Å²) in [6.07, 6.45) is 2.82. The summed E-state index contributed by atoms with van der Waals surface area (Å²) >= 11 is 16.6. The molecule has 5 heteroatoms. The van der Waals surface area contributed by atoms with Gasteiger partial charge >= 0.3 is 0 Å². The number of hydrogen-bond donors (Lipinski definition) is 0. The summed E-state index contributed by atoms with van der Waals surface area (Å²) in [5.74, 6) is 0. The summed E-state index contributed by atoms with van der Waals surface area (Å²) in [7, 11) is 0. The molecule has 0 aromatic carbocycles. The van der Waals surface area contributed by atoms with Gasteiger partial charge in [-0.3, -0.25) is 0 Å². The van der Waals surface area contributed by atoms with Crippen LogP contribution in [0.5, 0.6) is 0 Å². The van der Waals surface area contributed by atoms with Crippen molar-refractivity contribution in [3.8, 4) is 0 Å². The fourth-order valence-electron chi connectivity index (χ4n) is 0.472. The lowest BCUT2D eigenvalue weighted by atomic mass is 10.4. The summed E-state index contributed by atoms with van der Waals surface area (Å²) in [6, 6.07) is 0. The molecule has 1 heterocycles. The third-order valence-electron chi connectivity index (χ3n) is 0.925. The van der Waals surface area contributed by atoms with E-state index < -0.39 is 4.84 Å². The quantitative estimate of drug-likeness (QED) is 0.511. The number of alkyl halides is 2. The molecule has 1 aromatic heterocycles. The molecule has 54 valence electrons. The first-order valence-corrected chi connectivity index (χ1v) is 3.70. The highest BCUT2D eigenvalue weighted by molar-refractivity contribution is 6.45. The molecule has 0 spiro atoms. The van der Waals surface area contributed by atoms with Crippen LogP contribution in [-0.4, -0.2) is 9.97 Å². The molecule has 0 bridgehead atoms. The average Bonchev–Trinajstić information content (AvgIpc) is 1.88. The minimum absolute atomic E-state index is 0.296. The van der Waals surface area contributed by atoms with Gasteiger partial charge in [-0.25, -0.2) is 9.97 Å². The van der Waals surface area contributed by atoms with Crippen molar-refractivity contribution in [1.29, 1.82) is 0 Å². The fourth-order valence-corrected chi connectivity index (χ4v) is 1.10. The average molecular weight is 197 g/mol. The molecule has 0 aliphatic heterocycles. The van der Waals surface area contributed by atoms with E-state index in [9.17, 15) is 0 Å². The first-order valence-electron chi connectivity index (χ1n) is 2.45. The van der Waals surface area contributed by atoms with E-state index in [0.29, 0.717) is 10.7 Å². The molecule has 0 aliphatic rings. The van der Waals surface area contributed by atoms with Gasteiger partial charge in [-0.05, 0) is 0 Å². The van der Waals surface area contributed by atoms with Crippen LogP contribution in [0.15, 0.2) is 12.5 Å². The van der Waals surface area contributed by atoms with Gasteiger partial charge < -0.3 is 0 Å². The zero-order valence-electron chi connectivity index (χ0n) is 4.76. The van der Waals surface area contributed by atoms with E-state index in [1.54, 1.807) is 0 Å². The van der Waals surface area contributed by atoms with Crippen molar-refractivity contribution < 1.29 is 0 Å². The Morgan fingerprint density at radius 1 is 1.40 bits per heavy atom. The maximum atomic E-state index is 5.60.